The molecule has 2 aliphatic rings. The Morgan fingerprint density at radius 2 is 2.21 bits per heavy atom. The molecule has 3 heterocycles. The number of nitrogens with one attached hydrogen (secondary N) is 2. The van der Waals surface area contributed by atoms with Gasteiger partial charge in [0.2, 0.25) is 0 Å². The van der Waals surface area contributed by atoms with Gasteiger partial charge < -0.3 is 24.6 Å². The lowest BCUT2D eigenvalue weighted by atomic mass is 10.2. The molecule has 11 heteroatoms. The number of aliphatic hydroxyl groups is 1. The van der Waals surface area contributed by atoms with E-state index in [0.717, 1.165) is 23.6 Å². The van der Waals surface area contributed by atoms with Gasteiger partial charge in [-0.1, -0.05) is 0 Å². The van der Waals surface area contributed by atoms with Gasteiger partial charge in [0.25, 0.3) is 11.5 Å². The first-order valence-electron chi connectivity index (χ1n) is 9.08. The minimum absolute atomic E-state index is 0.0910. The van der Waals surface area contributed by atoms with E-state index in [0.29, 0.717) is 6.61 Å². The predicted octanol–water partition coefficient (Wildman–Crippen LogP) is -1.34. The van der Waals surface area contributed by atoms with Crippen LogP contribution in [0.15, 0.2) is 15.8 Å². The number of esters is 1. The lowest BCUT2D eigenvalue weighted by Crippen LogP contribution is -2.40. The Balaban J connectivity index is 1.77. The van der Waals surface area contributed by atoms with E-state index in [9.17, 15) is 24.3 Å². The van der Waals surface area contributed by atoms with Crippen molar-refractivity contribution in [2.24, 2.45) is 0 Å². The highest BCUT2D eigenvalue weighted by molar-refractivity contribution is 5.93. The summed E-state index contributed by atoms with van der Waals surface area (Å²) in [6, 6.07) is 0. The molecule has 1 aromatic heterocycles. The normalized spacial score (nSPS) is 26.9. The summed E-state index contributed by atoms with van der Waals surface area (Å²) in [5, 5.41) is 12.0. The Bertz CT molecular complexity index is 842. The number of H-pyrrole nitrogens is 1. The Morgan fingerprint density at radius 1 is 1.43 bits per heavy atom. The van der Waals surface area contributed by atoms with Gasteiger partial charge in [0, 0.05) is 32.7 Å². The summed E-state index contributed by atoms with van der Waals surface area (Å²) in [5.74, 6) is -1.19. The Labute approximate surface area is 159 Å². The summed E-state index contributed by atoms with van der Waals surface area (Å²) >= 11 is 0. The van der Waals surface area contributed by atoms with Crippen LogP contribution in [0.5, 0.6) is 0 Å². The van der Waals surface area contributed by atoms with Crippen molar-refractivity contribution in [3.63, 3.8) is 0 Å². The van der Waals surface area contributed by atoms with Crippen molar-refractivity contribution in [1.29, 1.82) is 0 Å². The Kier molecular flexibility index (Phi) is 6.27. The molecule has 0 saturated carbocycles. The molecule has 0 bridgehead atoms. The van der Waals surface area contributed by atoms with Gasteiger partial charge in [-0.2, -0.15) is 0 Å². The lowest BCUT2D eigenvalue weighted by molar-refractivity contribution is -0.150. The molecule has 1 amide bonds. The van der Waals surface area contributed by atoms with Gasteiger partial charge in [0.05, 0.1) is 12.7 Å². The maximum Gasteiger partial charge on any atom is 0.330 e. The van der Waals surface area contributed by atoms with Crippen LogP contribution in [0.2, 0.25) is 0 Å². The first kappa shape index (κ1) is 20.2. The number of aliphatic hydroxyl groups excluding tert-OH is 1. The number of carbonyl (C=O) groups is 2. The van der Waals surface area contributed by atoms with Crippen LogP contribution in [0.25, 0.3) is 0 Å². The highest BCUT2D eigenvalue weighted by atomic mass is 16.6. The fourth-order valence-electron chi connectivity index (χ4n) is 3.34. The largest absolute Gasteiger partial charge is 0.460 e. The topological polar surface area (TPSA) is 149 Å². The highest BCUT2D eigenvalue weighted by Crippen LogP contribution is 2.29. The number of carbonyl (C=O) groups excluding carboxylic acids is 2. The van der Waals surface area contributed by atoms with Crippen LogP contribution < -0.4 is 16.6 Å². The first-order chi connectivity index (χ1) is 13.4. The molecule has 4 atom stereocenters. The molecule has 3 rings (SSSR count). The first-order valence-corrected chi connectivity index (χ1v) is 9.08. The van der Waals surface area contributed by atoms with Crippen LogP contribution in [-0.4, -0.2) is 64.6 Å². The quantitative estimate of drug-likeness (QED) is 0.499. The maximum atomic E-state index is 12.4. The number of aromatic nitrogens is 2. The molecule has 3 N–H and O–H groups in total. The summed E-state index contributed by atoms with van der Waals surface area (Å²) in [6.45, 7) is 1.71. The van der Waals surface area contributed by atoms with Crippen LogP contribution in [0.1, 0.15) is 42.8 Å². The number of rotatable bonds is 6. The molecular formula is C17H23N3O8. The zero-order valence-corrected chi connectivity index (χ0v) is 15.4. The minimum Gasteiger partial charge on any atom is -0.460 e. The van der Waals surface area contributed by atoms with Crippen molar-refractivity contribution in [2.45, 2.75) is 50.7 Å². The van der Waals surface area contributed by atoms with E-state index in [4.69, 9.17) is 14.2 Å². The molecule has 0 radical (unpaired) electrons. The van der Waals surface area contributed by atoms with Crippen molar-refractivity contribution in [1.82, 2.24) is 14.9 Å². The Morgan fingerprint density at radius 3 is 2.86 bits per heavy atom. The lowest BCUT2D eigenvalue weighted by Gasteiger charge is -2.16. The smallest absolute Gasteiger partial charge is 0.330 e. The van der Waals surface area contributed by atoms with Crippen LogP contribution in [0, 0.1) is 0 Å². The summed E-state index contributed by atoms with van der Waals surface area (Å²) in [6.07, 6.45) is 0.381. The zero-order chi connectivity index (χ0) is 20.3. The van der Waals surface area contributed by atoms with Crippen molar-refractivity contribution in [3.8, 4) is 0 Å². The third kappa shape index (κ3) is 4.49. The molecule has 2 aliphatic heterocycles. The predicted molar refractivity (Wildman–Crippen MR) is 93.8 cm³/mol. The van der Waals surface area contributed by atoms with Gasteiger partial charge in [-0.15, -0.1) is 0 Å². The monoisotopic (exact) mass is 397 g/mol. The van der Waals surface area contributed by atoms with Crippen molar-refractivity contribution in [2.75, 3.05) is 19.8 Å². The van der Waals surface area contributed by atoms with Crippen LogP contribution >= 0.6 is 0 Å². The fourth-order valence-corrected chi connectivity index (χ4v) is 3.34. The molecule has 1 aromatic rings. The molecule has 154 valence electrons. The fraction of sp³-hybridized carbons (Fsp3) is 0.647. The molecule has 0 aromatic carbocycles. The minimum atomic E-state index is -0.907. The SMILES string of the molecule is CC(=O)OC1C[C@H](n2cc(C(=O)NC[C@@H]3CCCO3)c(=O)[nH]c2=O)O[C@@H]1CO. The molecule has 0 spiro atoms. The van der Waals surface area contributed by atoms with Crippen molar-refractivity contribution in [3.05, 3.63) is 32.6 Å². The van der Waals surface area contributed by atoms with E-state index in [-0.39, 0.29) is 24.6 Å². The van der Waals surface area contributed by atoms with Crippen LogP contribution in [0.3, 0.4) is 0 Å². The summed E-state index contributed by atoms with van der Waals surface area (Å²) in [4.78, 5) is 49.9. The second-order valence-corrected chi connectivity index (χ2v) is 6.75. The number of ether oxygens (including phenoxy) is 3. The molecule has 1 unspecified atom stereocenters. The number of hydrogen-bond donors (Lipinski definition) is 3. The third-order valence-corrected chi connectivity index (χ3v) is 4.71. The molecule has 11 nitrogen and oxygen atoms in total. The molecule has 28 heavy (non-hydrogen) atoms. The van der Waals surface area contributed by atoms with Gasteiger partial charge in [-0.05, 0) is 12.8 Å². The number of aromatic amines is 1. The second-order valence-electron chi connectivity index (χ2n) is 6.75. The third-order valence-electron chi connectivity index (χ3n) is 4.71. The van der Waals surface area contributed by atoms with E-state index in [1.807, 2.05) is 0 Å². The van der Waals surface area contributed by atoms with E-state index in [1.54, 1.807) is 0 Å². The van der Waals surface area contributed by atoms with E-state index >= 15 is 0 Å². The average molecular weight is 397 g/mol. The highest BCUT2D eigenvalue weighted by Gasteiger charge is 2.38. The molecule has 2 fully saturated rings. The second kappa shape index (κ2) is 8.67. The molecular weight excluding hydrogens is 374 g/mol. The van der Waals surface area contributed by atoms with Gasteiger partial charge in [0.15, 0.2) is 0 Å². The number of amides is 1. The van der Waals surface area contributed by atoms with Gasteiger partial charge >= 0.3 is 11.7 Å². The molecule has 0 aliphatic carbocycles. The average Bonchev–Trinajstić information content (AvgIpc) is 3.29. The maximum absolute atomic E-state index is 12.4. The van der Waals surface area contributed by atoms with Gasteiger partial charge in [-0.25, -0.2) is 4.79 Å². The van der Waals surface area contributed by atoms with Gasteiger partial charge in [0.1, 0.15) is 24.0 Å². The zero-order valence-electron chi connectivity index (χ0n) is 15.4. The van der Waals surface area contributed by atoms with E-state index in [2.05, 4.69) is 10.3 Å². The van der Waals surface area contributed by atoms with Crippen LogP contribution in [0.4, 0.5) is 0 Å². The summed E-state index contributed by atoms with van der Waals surface area (Å²) in [5.41, 5.74) is -1.84. The number of nitrogens with zero attached hydrogens (tertiary/aromatic N) is 1. The summed E-state index contributed by atoms with van der Waals surface area (Å²) in [7, 11) is 0. The van der Waals surface area contributed by atoms with Gasteiger partial charge in [-0.3, -0.25) is 23.9 Å². The number of hydrogen-bond acceptors (Lipinski definition) is 8. The van der Waals surface area contributed by atoms with Crippen molar-refractivity contribution < 1.29 is 28.9 Å². The van der Waals surface area contributed by atoms with Crippen molar-refractivity contribution >= 4 is 11.9 Å². The van der Waals surface area contributed by atoms with Crippen LogP contribution in [-0.2, 0) is 19.0 Å². The molecule has 2 saturated heterocycles. The van der Waals surface area contributed by atoms with E-state index in [1.165, 1.54) is 6.92 Å². The standard InChI is InChI=1S/C17H23N3O8/c1-9(22)27-12-5-14(28-13(12)8-21)20-7-11(16(24)19-17(20)25)15(23)18-6-10-3-2-4-26-10/h7,10,12-14,21H,2-6,8H2,1H3,(H,18,23)(H,19,24,25)/t10-,12?,13+,14+/m0/s1. The Hall–Kier alpha value is -2.50. The van der Waals surface area contributed by atoms with E-state index < -0.39 is 48.2 Å². The summed E-state index contributed by atoms with van der Waals surface area (Å²) < 4.78 is 17.1.